The van der Waals surface area contributed by atoms with Crippen molar-refractivity contribution in [3.8, 4) is 0 Å². The molecule has 0 aliphatic carbocycles. The molecule has 132 valence electrons. The van der Waals surface area contributed by atoms with E-state index in [0.717, 1.165) is 11.3 Å². The number of halogens is 2. The molecule has 9 heteroatoms. The maximum atomic E-state index is 12.4. The third-order valence-electron chi connectivity index (χ3n) is 3.48. The molecule has 0 bridgehead atoms. The summed E-state index contributed by atoms with van der Waals surface area (Å²) in [6.07, 6.45) is 3.56. The van der Waals surface area contributed by atoms with Crippen LogP contribution in [0.25, 0.3) is 0 Å². The van der Waals surface area contributed by atoms with Gasteiger partial charge >= 0.3 is 0 Å². The Morgan fingerprint density at radius 3 is 2.68 bits per heavy atom. The number of carbonyl (C=O) groups is 1. The van der Waals surface area contributed by atoms with Crippen molar-refractivity contribution in [3.05, 3.63) is 55.4 Å². The average Bonchev–Trinajstić information content (AvgIpc) is 2.62. The second-order valence-corrected chi connectivity index (χ2v) is 7.20. The molecule has 0 aliphatic heterocycles. The molecule has 0 N–H and O–H groups in total. The largest absolute Gasteiger partial charge is 0.301 e. The molecule has 2 aromatic rings. The summed E-state index contributed by atoms with van der Waals surface area (Å²) in [5.74, 6) is 0. The fourth-order valence-corrected chi connectivity index (χ4v) is 3.66. The van der Waals surface area contributed by atoms with E-state index >= 15 is 0 Å². The summed E-state index contributed by atoms with van der Waals surface area (Å²) in [6.45, 7) is -0.0188. The molecule has 0 radical (unpaired) electrons. The lowest BCUT2D eigenvalue weighted by molar-refractivity contribution is -0.108. The fourth-order valence-electron chi connectivity index (χ4n) is 2.24. The van der Waals surface area contributed by atoms with Gasteiger partial charge in [-0.2, -0.15) is 0 Å². The van der Waals surface area contributed by atoms with Gasteiger partial charge in [0.1, 0.15) is 10.8 Å². The molecule has 1 aromatic carbocycles. The van der Waals surface area contributed by atoms with Gasteiger partial charge in [-0.25, -0.2) is 9.38 Å². The maximum Gasteiger partial charge on any atom is 0.269 e. The number of thioether (sulfide) groups is 1. The first-order chi connectivity index (χ1) is 12.0. The molecule has 1 heterocycles. The molecule has 5 nitrogen and oxygen atoms in total. The van der Waals surface area contributed by atoms with Crippen LogP contribution in [0.2, 0.25) is 5.02 Å². The van der Waals surface area contributed by atoms with Crippen LogP contribution in [0.15, 0.2) is 43.1 Å². The van der Waals surface area contributed by atoms with Gasteiger partial charge in [-0.15, -0.1) is 0 Å². The number of aromatic nitrogens is 2. The van der Waals surface area contributed by atoms with Crippen molar-refractivity contribution < 1.29 is 4.79 Å². The highest BCUT2D eigenvalue weighted by Crippen LogP contribution is 2.19. The van der Waals surface area contributed by atoms with Crippen LogP contribution in [0.1, 0.15) is 17.7 Å². The molecule has 0 saturated heterocycles. The van der Waals surface area contributed by atoms with Crippen LogP contribution in [0, 0.1) is 0 Å². The molecule has 2 rings (SSSR count). The predicted molar refractivity (Wildman–Crippen MR) is 109 cm³/mol. The Hall–Kier alpha value is -1.09. The smallest absolute Gasteiger partial charge is 0.269 e. The van der Waals surface area contributed by atoms with E-state index in [-0.39, 0.29) is 12.1 Å². The van der Waals surface area contributed by atoms with Crippen LogP contribution in [0.5, 0.6) is 0 Å². The molecule has 0 saturated carbocycles. The average molecular weight is 461 g/mol. The van der Waals surface area contributed by atoms with E-state index in [1.807, 2.05) is 18.4 Å². The molecule has 1 aromatic heterocycles. The molecule has 0 atom stereocenters. The standard InChI is InChI=1S/C16H15BrClN3O2S2/c1-25-16-19-13(14(17)15(23)21(16)8-9-22)7-6-12(20-24)10-2-4-11(18)5-3-10/h2-5,9,24H,6-8H2,1H3/b20-12-. The Labute approximate surface area is 168 Å². The van der Waals surface area contributed by atoms with Crippen LogP contribution >= 0.6 is 52.1 Å². The lowest BCUT2D eigenvalue weighted by Gasteiger charge is -2.12. The van der Waals surface area contributed by atoms with Gasteiger partial charge in [0.05, 0.1) is 18.0 Å². The first-order valence-corrected chi connectivity index (χ1v) is 10.0. The van der Waals surface area contributed by atoms with Crippen molar-refractivity contribution >= 4 is 64.1 Å². The summed E-state index contributed by atoms with van der Waals surface area (Å²) in [5, 5.41) is 1.15. The highest BCUT2D eigenvalue weighted by molar-refractivity contribution is 9.10. The Morgan fingerprint density at radius 1 is 1.44 bits per heavy atom. The van der Waals surface area contributed by atoms with Crippen LogP contribution in [-0.4, -0.2) is 27.8 Å². The predicted octanol–water partition coefficient (Wildman–Crippen LogP) is 3.85. The van der Waals surface area contributed by atoms with Crippen molar-refractivity contribution in [1.29, 1.82) is 0 Å². The van der Waals surface area contributed by atoms with Crippen molar-refractivity contribution in [1.82, 2.24) is 9.55 Å². The topological polar surface area (TPSA) is 64.3 Å². The number of hydrogen-bond acceptors (Lipinski definition) is 6. The monoisotopic (exact) mass is 459 g/mol. The van der Waals surface area contributed by atoms with E-state index in [1.54, 1.807) is 12.1 Å². The van der Waals surface area contributed by atoms with Crippen LogP contribution < -0.4 is 5.56 Å². The number of aldehydes is 1. The van der Waals surface area contributed by atoms with Gasteiger partial charge in [0.2, 0.25) is 0 Å². The van der Waals surface area contributed by atoms with Gasteiger partial charge in [0.25, 0.3) is 5.56 Å². The molecule has 0 unspecified atom stereocenters. The number of carbonyl (C=O) groups excluding carboxylic acids is 1. The first-order valence-electron chi connectivity index (χ1n) is 7.25. The van der Waals surface area contributed by atoms with Gasteiger partial charge in [0.15, 0.2) is 5.16 Å². The zero-order valence-corrected chi connectivity index (χ0v) is 17.3. The Morgan fingerprint density at radius 2 is 2.12 bits per heavy atom. The molecule has 0 spiro atoms. The summed E-state index contributed by atoms with van der Waals surface area (Å²) >= 11 is 14.6. The summed E-state index contributed by atoms with van der Waals surface area (Å²) < 4.78 is 5.74. The third kappa shape index (κ3) is 4.97. The van der Waals surface area contributed by atoms with Crippen molar-refractivity contribution in [3.63, 3.8) is 0 Å². The van der Waals surface area contributed by atoms with E-state index < -0.39 is 0 Å². The number of rotatable bonds is 7. The minimum atomic E-state index is -0.266. The van der Waals surface area contributed by atoms with Gasteiger partial charge in [-0.05, 0) is 65.5 Å². The maximum absolute atomic E-state index is 12.4. The number of nitrogens with zero attached hydrogens (tertiary/aromatic N) is 3. The Bertz CT molecular complexity index is 854. The van der Waals surface area contributed by atoms with Gasteiger partial charge in [-0.3, -0.25) is 9.36 Å². The molecule has 0 amide bonds. The zero-order valence-electron chi connectivity index (χ0n) is 13.3. The summed E-state index contributed by atoms with van der Waals surface area (Å²) in [5.41, 5.74) is 2.05. The molecule has 25 heavy (non-hydrogen) atoms. The number of aryl methyl sites for hydroxylation is 1. The molecule has 0 aliphatic rings. The minimum absolute atomic E-state index is 0.0188. The number of benzene rings is 1. The summed E-state index contributed by atoms with van der Waals surface area (Å²) in [6, 6.07) is 7.32. The Kier molecular flexibility index (Phi) is 7.74. The van der Waals surface area contributed by atoms with Crippen LogP contribution in [0.3, 0.4) is 0 Å². The second kappa shape index (κ2) is 9.56. The SMILES string of the molecule is CSc1nc(CC/C(=N/S)c2ccc(Cl)cc2)c(Br)c(=O)n1CC=O. The lowest BCUT2D eigenvalue weighted by atomic mass is 10.0. The van der Waals surface area contributed by atoms with Crippen LogP contribution in [0.4, 0.5) is 0 Å². The van der Waals surface area contributed by atoms with Crippen molar-refractivity contribution in [2.24, 2.45) is 4.40 Å². The van der Waals surface area contributed by atoms with Crippen molar-refractivity contribution in [2.45, 2.75) is 24.5 Å². The highest BCUT2D eigenvalue weighted by Gasteiger charge is 2.15. The van der Waals surface area contributed by atoms with Gasteiger partial charge in [0, 0.05) is 5.02 Å². The third-order valence-corrected chi connectivity index (χ3v) is 5.45. The second-order valence-electron chi connectivity index (χ2n) is 5.00. The molecular weight excluding hydrogens is 446 g/mol. The van der Waals surface area contributed by atoms with E-state index in [0.29, 0.717) is 39.5 Å². The highest BCUT2D eigenvalue weighted by atomic mass is 79.9. The first kappa shape index (κ1) is 20.2. The molecule has 0 fully saturated rings. The zero-order chi connectivity index (χ0) is 18.4. The van der Waals surface area contributed by atoms with Crippen LogP contribution in [-0.2, 0) is 17.8 Å². The van der Waals surface area contributed by atoms with E-state index in [2.05, 4.69) is 38.1 Å². The molecular formula is C16H15BrClN3O2S2. The van der Waals surface area contributed by atoms with Crippen molar-refractivity contribution in [2.75, 3.05) is 6.26 Å². The van der Waals surface area contributed by atoms with Gasteiger partial charge in [-0.1, -0.05) is 35.5 Å². The normalized spacial score (nSPS) is 11.6. The van der Waals surface area contributed by atoms with E-state index in [9.17, 15) is 9.59 Å². The lowest BCUT2D eigenvalue weighted by Crippen LogP contribution is -2.26. The van der Waals surface area contributed by atoms with Gasteiger partial charge < -0.3 is 4.79 Å². The number of hydrogen-bond donors (Lipinski definition) is 1. The Balaban J connectivity index is 2.28. The van der Waals surface area contributed by atoms with E-state index in [1.165, 1.54) is 16.3 Å². The minimum Gasteiger partial charge on any atom is -0.301 e. The van der Waals surface area contributed by atoms with E-state index in [4.69, 9.17) is 11.6 Å². The summed E-state index contributed by atoms with van der Waals surface area (Å²) in [7, 11) is 0. The fraction of sp³-hybridized carbons (Fsp3) is 0.250. The quantitative estimate of drug-likeness (QED) is 0.224. The number of thiol groups is 1. The summed E-state index contributed by atoms with van der Waals surface area (Å²) in [4.78, 5) is 27.7.